The van der Waals surface area contributed by atoms with Crippen LogP contribution in [0.3, 0.4) is 0 Å². The molecule has 0 unspecified atom stereocenters. The summed E-state index contributed by atoms with van der Waals surface area (Å²) >= 11 is 12.0. The van der Waals surface area contributed by atoms with Crippen molar-refractivity contribution in [3.8, 4) is 0 Å². The van der Waals surface area contributed by atoms with Gasteiger partial charge < -0.3 is 15.7 Å². The third-order valence-corrected chi connectivity index (χ3v) is 7.49. The normalized spacial score (nSPS) is 33.4. The summed E-state index contributed by atoms with van der Waals surface area (Å²) in [6.07, 6.45) is 0.482. The lowest BCUT2D eigenvalue weighted by Crippen LogP contribution is -2.57. The van der Waals surface area contributed by atoms with E-state index < -0.39 is 52.7 Å². The average Bonchev–Trinajstić information content (AvgIpc) is 3.14. The van der Waals surface area contributed by atoms with Gasteiger partial charge in [-0.15, -0.1) is 0 Å². The van der Waals surface area contributed by atoms with Gasteiger partial charge in [-0.05, 0) is 49.1 Å². The summed E-state index contributed by atoms with van der Waals surface area (Å²) in [5, 5.41) is 16.9. The summed E-state index contributed by atoms with van der Waals surface area (Å²) in [6, 6.07) is 1.77. The molecule has 2 aromatic rings. The Kier molecular flexibility index (Phi) is 5.22. The highest BCUT2D eigenvalue weighted by molar-refractivity contribution is 6.31. The summed E-state index contributed by atoms with van der Waals surface area (Å²) in [5.74, 6) is -4.57. The summed E-state index contributed by atoms with van der Waals surface area (Å²) < 4.78 is 47.0. The Bertz CT molecular complexity index is 1220. The molecule has 180 valence electrons. The van der Waals surface area contributed by atoms with Crippen molar-refractivity contribution in [2.45, 2.75) is 54.8 Å². The van der Waals surface area contributed by atoms with Crippen LogP contribution in [0.5, 0.6) is 0 Å². The van der Waals surface area contributed by atoms with Gasteiger partial charge in [0.1, 0.15) is 5.82 Å². The number of amides is 2. The van der Waals surface area contributed by atoms with Gasteiger partial charge in [0.2, 0.25) is 11.8 Å². The van der Waals surface area contributed by atoms with Crippen LogP contribution in [0, 0.1) is 5.82 Å². The van der Waals surface area contributed by atoms with Crippen molar-refractivity contribution < 1.29 is 27.9 Å². The first-order valence-corrected chi connectivity index (χ1v) is 11.4. The number of carbonyl (C=O) groups excluding carboxylic acids is 2. The van der Waals surface area contributed by atoms with Gasteiger partial charge in [0, 0.05) is 22.7 Å². The van der Waals surface area contributed by atoms with E-state index in [4.69, 9.17) is 23.2 Å². The fourth-order valence-electron chi connectivity index (χ4n) is 5.55. The Balaban J connectivity index is 1.67. The lowest BCUT2D eigenvalue weighted by Gasteiger charge is -2.41. The standard InChI is InChI=1S/C23H20Cl2F3N3O3/c1-21(34)8-11(9-21)29-19(32)18-16(12-3-2-4-14(25)17(12)26)22(23(27,28)31-18)13-6-5-10(24)7-15(13)30-20(22)33/h2-7,11,16,18,31,34H,8-9H2,1H3,(H,29,32)(H,30,33)/t11?,16-,18+,21?,22+/m0/s1. The first-order chi connectivity index (χ1) is 15.9. The van der Waals surface area contributed by atoms with Gasteiger partial charge in [-0.1, -0.05) is 41.4 Å². The van der Waals surface area contributed by atoms with Crippen molar-refractivity contribution in [1.29, 1.82) is 0 Å². The molecule has 2 fully saturated rings. The maximum atomic E-state index is 15.9. The van der Waals surface area contributed by atoms with Crippen LogP contribution in [0.2, 0.25) is 10.0 Å². The van der Waals surface area contributed by atoms with Crippen molar-refractivity contribution in [2.75, 3.05) is 5.32 Å². The molecule has 1 saturated carbocycles. The number of halogens is 5. The third-order valence-electron chi connectivity index (χ3n) is 6.96. The van der Waals surface area contributed by atoms with E-state index in [0.29, 0.717) is 0 Å². The second-order valence-corrected chi connectivity index (χ2v) is 10.2. The van der Waals surface area contributed by atoms with Crippen LogP contribution in [0.1, 0.15) is 36.8 Å². The van der Waals surface area contributed by atoms with E-state index in [1.165, 1.54) is 36.4 Å². The molecule has 0 radical (unpaired) electrons. The third kappa shape index (κ3) is 3.25. The maximum Gasteiger partial charge on any atom is 0.322 e. The van der Waals surface area contributed by atoms with E-state index in [2.05, 4.69) is 10.6 Å². The zero-order chi connectivity index (χ0) is 24.6. The lowest BCUT2D eigenvalue weighted by atomic mass is 9.66. The molecule has 11 heteroatoms. The Morgan fingerprint density at radius 3 is 2.59 bits per heavy atom. The molecular formula is C23H20Cl2F3N3O3. The maximum absolute atomic E-state index is 15.9. The second kappa shape index (κ2) is 7.58. The molecule has 2 heterocycles. The van der Waals surface area contributed by atoms with Crippen molar-refractivity contribution in [2.24, 2.45) is 0 Å². The Hall–Kier alpha value is -2.33. The number of alkyl halides is 2. The molecule has 6 nitrogen and oxygen atoms in total. The van der Waals surface area contributed by atoms with Crippen LogP contribution < -0.4 is 16.0 Å². The van der Waals surface area contributed by atoms with Crippen LogP contribution in [0.4, 0.5) is 18.9 Å². The van der Waals surface area contributed by atoms with Crippen LogP contribution in [-0.4, -0.2) is 40.7 Å². The highest BCUT2D eigenvalue weighted by Crippen LogP contribution is 2.60. The number of nitrogens with one attached hydrogen (secondary N) is 3. The van der Waals surface area contributed by atoms with Gasteiger partial charge in [0.05, 0.1) is 16.7 Å². The molecule has 2 amide bonds. The summed E-state index contributed by atoms with van der Waals surface area (Å²) in [7, 11) is 0. The molecule has 2 aliphatic heterocycles. The van der Waals surface area contributed by atoms with Crippen molar-refractivity contribution in [3.05, 3.63) is 63.4 Å². The molecule has 1 saturated heterocycles. The second-order valence-electron chi connectivity index (χ2n) is 9.38. The van der Waals surface area contributed by atoms with Crippen LogP contribution in [-0.2, 0) is 15.0 Å². The molecule has 5 rings (SSSR count). The zero-order valence-electron chi connectivity index (χ0n) is 17.8. The molecule has 3 atom stereocenters. The number of rotatable bonds is 3. The molecule has 4 N–H and O–H groups in total. The monoisotopic (exact) mass is 513 g/mol. The molecule has 1 aliphatic carbocycles. The van der Waals surface area contributed by atoms with E-state index in [-0.39, 0.29) is 39.7 Å². The van der Waals surface area contributed by atoms with Gasteiger partial charge in [-0.3, -0.25) is 9.59 Å². The molecule has 2 aromatic carbocycles. The SMILES string of the molecule is CC1(O)CC(NC(=O)[C@@H]2NC(F)(F)[C@@]3(C(=O)Nc4cc(Cl)ccc43)[C@H]2c2cccc(Cl)c2F)C1. The van der Waals surface area contributed by atoms with Gasteiger partial charge in [0.15, 0.2) is 5.41 Å². The number of fused-ring (bicyclic) bond motifs is 2. The lowest BCUT2D eigenvalue weighted by molar-refractivity contribution is -0.139. The van der Waals surface area contributed by atoms with E-state index in [1.54, 1.807) is 6.92 Å². The fourth-order valence-corrected chi connectivity index (χ4v) is 5.90. The van der Waals surface area contributed by atoms with Crippen molar-refractivity contribution in [1.82, 2.24) is 10.6 Å². The summed E-state index contributed by atoms with van der Waals surface area (Å²) in [6.45, 7) is 1.60. The smallest absolute Gasteiger partial charge is 0.322 e. The van der Waals surface area contributed by atoms with Crippen molar-refractivity contribution in [3.63, 3.8) is 0 Å². The van der Waals surface area contributed by atoms with E-state index in [0.717, 1.165) is 0 Å². The number of hydrogen-bond donors (Lipinski definition) is 4. The minimum Gasteiger partial charge on any atom is -0.390 e. The topological polar surface area (TPSA) is 90.5 Å². The van der Waals surface area contributed by atoms with Crippen molar-refractivity contribution >= 4 is 40.7 Å². The highest BCUT2D eigenvalue weighted by Gasteiger charge is 2.75. The molecule has 1 spiro atoms. The molecule has 34 heavy (non-hydrogen) atoms. The quantitative estimate of drug-likeness (QED) is 0.471. The molecular weight excluding hydrogens is 494 g/mol. The predicted molar refractivity (Wildman–Crippen MR) is 120 cm³/mol. The highest BCUT2D eigenvalue weighted by atomic mass is 35.5. The minimum absolute atomic E-state index is 0.0579. The largest absolute Gasteiger partial charge is 0.390 e. The number of benzene rings is 2. The Labute approximate surface area is 202 Å². The van der Waals surface area contributed by atoms with E-state index in [9.17, 15) is 14.7 Å². The molecule has 3 aliphatic rings. The molecule has 0 bridgehead atoms. The fraction of sp³-hybridized carbons (Fsp3) is 0.391. The van der Waals surface area contributed by atoms with Gasteiger partial charge in [-0.25, -0.2) is 9.71 Å². The predicted octanol–water partition coefficient (Wildman–Crippen LogP) is 3.70. The average molecular weight is 514 g/mol. The number of carbonyl (C=O) groups is 2. The van der Waals surface area contributed by atoms with Gasteiger partial charge in [-0.2, -0.15) is 8.78 Å². The molecule has 0 aromatic heterocycles. The van der Waals surface area contributed by atoms with Crippen LogP contribution in [0.25, 0.3) is 0 Å². The number of anilines is 1. The minimum atomic E-state index is -3.94. The first kappa shape index (κ1) is 23.4. The van der Waals surface area contributed by atoms with Gasteiger partial charge >= 0.3 is 6.05 Å². The Morgan fingerprint density at radius 1 is 1.21 bits per heavy atom. The van der Waals surface area contributed by atoms with E-state index >= 15 is 13.2 Å². The first-order valence-electron chi connectivity index (χ1n) is 10.6. The number of aliphatic hydroxyl groups is 1. The number of hydrogen-bond acceptors (Lipinski definition) is 4. The van der Waals surface area contributed by atoms with Crippen LogP contribution in [0.15, 0.2) is 36.4 Å². The van der Waals surface area contributed by atoms with Crippen LogP contribution >= 0.6 is 23.2 Å². The summed E-state index contributed by atoms with van der Waals surface area (Å²) in [4.78, 5) is 26.6. The van der Waals surface area contributed by atoms with Gasteiger partial charge in [0.25, 0.3) is 0 Å². The summed E-state index contributed by atoms with van der Waals surface area (Å²) in [5.41, 5.74) is -3.95. The Morgan fingerprint density at radius 2 is 1.91 bits per heavy atom. The zero-order valence-corrected chi connectivity index (χ0v) is 19.3. The van der Waals surface area contributed by atoms with E-state index in [1.807, 2.05) is 5.32 Å².